The van der Waals surface area contributed by atoms with Crippen molar-refractivity contribution in [2.45, 2.75) is 19.8 Å². The van der Waals surface area contributed by atoms with Crippen LogP contribution in [0.3, 0.4) is 0 Å². The van der Waals surface area contributed by atoms with Crippen molar-refractivity contribution in [1.29, 1.82) is 0 Å². The number of para-hydroxylation sites is 1. The fourth-order valence-electron chi connectivity index (χ4n) is 1.55. The molecular weight excluding hydrogens is 231 g/mol. The van der Waals surface area contributed by atoms with Gasteiger partial charge in [-0.1, -0.05) is 37.6 Å². The van der Waals surface area contributed by atoms with Crippen molar-refractivity contribution in [1.82, 2.24) is 9.97 Å². The molecule has 1 aromatic heterocycles. The summed E-state index contributed by atoms with van der Waals surface area (Å²) in [5.74, 6) is 0.298. The maximum Gasteiger partial charge on any atom is 0.223 e. The van der Waals surface area contributed by atoms with Gasteiger partial charge in [0, 0.05) is 5.39 Å². The minimum atomic E-state index is 0.249. The van der Waals surface area contributed by atoms with E-state index in [2.05, 4.69) is 23.8 Å². The Bertz CT molecular complexity index is 509. The predicted octanol–water partition coefficient (Wildman–Crippen LogP) is 4.06. The average molecular weight is 241 g/mol. The number of hydrogen-bond donors (Lipinski definition) is 0. The summed E-state index contributed by atoms with van der Waals surface area (Å²) in [5.41, 5.74) is 1.66. The Morgan fingerprint density at radius 1 is 1.13 bits per heavy atom. The van der Waals surface area contributed by atoms with E-state index in [0.717, 1.165) is 16.6 Å². The Labute approximate surface area is 98.3 Å². The molecule has 2 nitrogen and oxygen atoms in total. The van der Waals surface area contributed by atoms with Gasteiger partial charge in [-0.3, -0.25) is 0 Å². The van der Waals surface area contributed by atoms with Crippen LogP contribution in [0.15, 0.2) is 18.2 Å². The largest absolute Gasteiger partial charge is 0.223 e. The Kier molecular flexibility index (Phi) is 2.81. The Hall–Kier alpha value is -0.860. The summed E-state index contributed by atoms with van der Waals surface area (Å²) in [6.45, 7) is 4.14. The summed E-state index contributed by atoms with van der Waals surface area (Å²) in [6.07, 6.45) is 0. The summed E-state index contributed by atoms with van der Waals surface area (Å²) in [6, 6.07) is 5.66. The first-order chi connectivity index (χ1) is 7.09. The van der Waals surface area contributed by atoms with Crippen LogP contribution in [0.1, 0.15) is 25.5 Å². The first-order valence-electron chi connectivity index (χ1n) is 4.71. The van der Waals surface area contributed by atoms with Crippen LogP contribution in [0.5, 0.6) is 0 Å². The molecule has 0 aliphatic heterocycles. The van der Waals surface area contributed by atoms with Gasteiger partial charge in [0.1, 0.15) is 0 Å². The van der Waals surface area contributed by atoms with Crippen LogP contribution >= 0.6 is 23.2 Å². The molecule has 0 radical (unpaired) electrons. The molecule has 15 heavy (non-hydrogen) atoms. The molecule has 2 rings (SSSR count). The zero-order chi connectivity index (χ0) is 11.0. The van der Waals surface area contributed by atoms with E-state index in [1.54, 1.807) is 6.07 Å². The van der Waals surface area contributed by atoms with Gasteiger partial charge in [-0.15, -0.1) is 0 Å². The van der Waals surface area contributed by atoms with Crippen LogP contribution in [-0.2, 0) is 0 Å². The second-order valence-corrected chi connectivity index (χ2v) is 4.41. The molecule has 4 heteroatoms. The average Bonchev–Trinajstić information content (AvgIpc) is 2.18. The fourth-order valence-corrected chi connectivity index (χ4v) is 1.95. The highest BCUT2D eigenvalue weighted by Crippen LogP contribution is 2.28. The standard InChI is InChI=1S/C11H10Cl2N2/c1-6(2)9-7-4-3-5-8(12)10(7)15-11(13)14-9/h3-6H,1-2H3. The first kappa shape index (κ1) is 10.7. The Morgan fingerprint density at radius 2 is 1.87 bits per heavy atom. The maximum absolute atomic E-state index is 6.06. The van der Waals surface area contributed by atoms with E-state index in [1.807, 2.05) is 12.1 Å². The van der Waals surface area contributed by atoms with Crippen LogP contribution in [0.2, 0.25) is 10.3 Å². The molecule has 0 spiro atoms. The SMILES string of the molecule is CC(C)c1nc(Cl)nc2c(Cl)cccc12. The summed E-state index contributed by atoms with van der Waals surface area (Å²) < 4.78 is 0. The molecule has 1 heterocycles. The van der Waals surface area contributed by atoms with Gasteiger partial charge in [0.05, 0.1) is 16.2 Å². The molecule has 0 N–H and O–H groups in total. The van der Waals surface area contributed by atoms with Gasteiger partial charge in [0.2, 0.25) is 5.28 Å². The van der Waals surface area contributed by atoms with Gasteiger partial charge in [-0.25, -0.2) is 9.97 Å². The molecule has 0 aliphatic rings. The number of hydrogen-bond acceptors (Lipinski definition) is 2. The lowest BCUT2D eigenvalue weighted by atomic mass is 10.1. The van der Waals surface area contributed by atoms with E-state index in [4.69, 9.17) is 23.2 Å². The summed E-state index contributed by atoms with van der Waals surface area (Å²) in [7, 11) is 0. The normalized spacial score (nSPS) is 11.3. The third kappa shape index (κ3) is 1.92. The Morgan fingerprint density at radius 3 is 2.53 bits per heavy atom. The molecule has 0 amide bonds. The van der Waals surface area contributed by atoms with Crippen LogP contribution < -0.4 is 0 Å². The molecule has 0 aliphatic carbocycles. The smallest absolute Gasteiger partial charge is 0.222 e. The minimum absolute atomic E-state index is 0.249. The molecule has 0 fully saturated rings. The minimum Gasteiger partial charge on any atom is -0.222 e. The summed E-state index contributed by atoms with van der Waals surface area (Å²) in [5, 5.41) is 1.83. The highest BCUT2D eigenvalue weighted by atomic mass is 35.5. The molecule has 0 atom stereocenters. The second kappa shape index (κ2) is 3.95. The lowest BCUT2D eigenvalue weighted by Gasteiger charge is -2.09. The molecule has 0 bridgehead atoms. The zero-order valence-corrected chi connectivity index (χ0v) is 9.97. The topological polar surface area (TPSA) is 25.8 Å². The van der Waals surface area contributed by atoms with Crippen molar-refractivity contribution in [3.8, 4) is 0 Å². The number of nitrogens with zero attached hydrogens (tertiary/aromatic N) is 2. The molecule has 0 saturated heterocycles. The van der Waals surface area contributed by atoms with Gasteiger partial charge < -0.3 is 0 Å². The number of rotatable bonds is 1. The lowest BCUT2D eigenvalue weighted by Crippen LogP contribution is -1.97. The number of benzene rings is 1. The molecule has 1 aromatic carbocycles. The van der Waals surface area contributed by atoms with Crippen molar-refractivity contribution < 1.29 is 0 Å². The first-order valence-corrected chi connectivity index (χ1v) is 5.47. The van der Waals surface area contributed by atoms with E-state index in [-0.39, 0.29) is 5.28 Å². The highest BCUT2D eigenvalue weighted by molar-refractivity contribution is 6.35. The van der Waals surface area contributed by atoms with Gasteiger partial charge in [0.15, 0.2) is 0 Å². The molecule has 78 valence electrons. The third-order valence-electron chi connectivity index (χ3n) is 2.23. The number of aromatic nitrogens is 2. The van der Waals surface area contributed by atoms with Crippen molar-refractivity contribution in [2.75, 3.05) is 0 Å². The van der Waals surface area contributed by atoms with Gasteiger partial charge >= 0.3 is 0 Å². The Balaban J connectivity index is 2.86. The van der Waals surface area contributed by atoms with Gasteiger partial charge in [-0.2, -0.15) is 0 Å². The second-order valence-electron chi connectivity index (χ2n) is 3.67. The van der Waals surface area contributed by atoms with Gasteiger partial charge in [-0.05, 0) is 23.6 Å². The zero-order valence-electron chi connectivity index (χ0n) is 8.46. The highest BCUT2D eigenvalue weighted by Gasteiger charge is 2.11. The lowest BCUT2D eigenvalue weighted by molar-refractivity contribution is 0.829. The summed E-state index contributed by atoms with van der Waals surface area (Å²) in [4.78, 5) is 8.38. The van der Waals surface area contributed by atoms with Crippen molar-refractivity contribution in [3.05, 3.63) is 34.2 Å². The molecule has 2 aromatic rings. The third-order valence-corrected chi connectivity index (χ3v) is 2.70. The van der Waals surface area contributed by atoms with E-state index in [9.17, 15) is 0 Å². The quantitative estimate of drug-likeness (QED) is 0.703. The number of fused-ring (bicyclic) bond motifs is 1. The van der Waals surface area contributed by atoms with E-state index < -0.39 is 0 Å². The fraction of sp³-hybridized carbons (Fsp3) is 0.273. The van der Waals surface area contributed by atoms with Crippen molar-refractivity contribution in [3.63, 3.8) is 0 Å². The van der Waals surface area contributed by atoms with Crippen molar-refractivity contribution in [2.24, 2.45) is 0 Å². The predicted molar refractivity (Wildman–Crippen MR) is 63.6 cm³/mol. The molecule has 0 saturated carbocycles. The molecular formula is C11H10Cl2N2. The van der Waals surface area contributed by atoms with Crippen LogP contribution in [0, 0.1) is 0 Å². The number of halogens is 2. The van der Waals surface area contributed by atoms with Gasteiger partial charge in [0.25, 0.3) is 0 Å². The van der Waals surface area contributed by atoms with Crippen LogP contribution in [0.4, 0.5) is 0 Å². The monoisotopic (exact) mass is 240 g/mol. The van der Waals surface area contributed by atoms with Crippen LogP contribution in [0.25, 0.3) is 10.9 Å². The van der Waals surface area contributed by atoms with E-state index in [0.29, 0.717) is 10.9 Å². The maximum atomic E-state index is 6.06. The van der Waals surface area contributed by atoms with E-state index in [1.165, 1.54) is 0 Å². The summed E-state index contributed by atoms with van der Waals surface area (Å²) >= 11 is 11.9. The molecule has 0 unspecified atom stereocenters. The van der Waals surface area contributed by atoms with E-state index >= 15 is 0 Å². The van der Waals surface area contributed by atoms with Crippen LogP contribution in [-0.4, -0.2) is 9.97 Å². The van der Waals surface area contributed by atoms with Crippen molar-refractivity contribution >= 4 is 34.1 Å².